The highest BCUT2D eigenvalue weighted by atomic mass is 15.2. The second-order valence-electron chi connectivity index (χ2n) is 5.71. The smallest absolute Gasteiger partial charge is 0.151 e. The van der Waals surface area contributed by atoms with E-state index in [1.54, 1.807) is 0 Å². The number of hydrogen-bond acceptors (Lipinski definition) is 3. The third-order valence-corrected chi connectivity index (χ3v) is 4.28. The minimum atomic E-state index is 0.661. The topological polar surface area (TPSA) is 46.6 Å². The molecule has 1 saturated heterocycles. The molecule has 4 nitrogen and oxygen atoms in total. The number of rotatable bonds is 3. The van der Waals surface area contributed by atoms with Crippen LogP contribution in [-0.2, 0) is 6.42 Å². The molecule has 0 saturated carbocycles. The molecular weight excluding hydrogens is 236 g/mol. The maximum atomic E-state index is 5.77. The molecule has 1 fully saturated rings. The Morgan fingerprint density at radius 3 is 2.68 bits per heavy atom. The number of nitrogens with zero attached hydrogens (tertiary/aromatic N) is 3. The molecule has 0 aliphatic carbocycles. The monoisotopic (exact) mass is 258 g/mol. The standard InChI is InChI=1S/C15H22N4/c1-11-9-18(10-12(11)2)15-13(6-7-16)19-8-4-3-5-14(19)17-15/h3-5,8,11-12H,6-7,9-10,16H2,1-2H3. The van der Waals surface area contributed by atoms with Gasteiger partial charge < -0.3 is 15.0 Å². The first-order valence-corrected chi connectivity index (χ1v) is 7.11. The van der Waals surface area contributed by atoms with E-state index in [0.29, 0.717) is 6.54 Å². The summed E-state index contributed by atoms with van der Waals surface area (Å²) in [4.78, 5) is 7.24. The van der Waals surface area contributed by atoms with Gasteiger partial charge in [-0.1, -0.05) is 19.9 Å². The van der Waals surface area contributed by atoms with Crippen molar-refractivity contribution in [2.75, 3.05) is 24.5 Å². The summed E-state index contributed by atoms with van der Waals surface area (Å²) in [5, 5.41) is 0. The van der Waals surface area contributed by atoms with Crippen LogP contribution in [0.4, 0.5) is 5.82 Å². The second kappa shape index (κ2) is 4.85. The van der Waals surface area contributed by atoms with Gasteiger partial charge in [-0.25, -0.2) is 4.98 Å². The summed E-state index contributed by atoms with van der Waals surface area (Å²) < 4.78 is 2.18. The Hall–Kier alpha value is -1.55. The Bertz CT molecular complexity index is 565. The summed E-state index contributed by atoms with van der Waals surface area (Å²) >= 11 is 0. The molecule has 1 aliphatic heterocycles. The van der Waals surface area contributed by atoms with Crippen molar-refractivity contribution in [2.24, 2.45) is 17.6 Å². The second-order valence-corrected chi connectivity index (χ2v) is 5.71. The number of fused-ring (bicyclic) bond motifs is 1. The van der Waals surface area contributed by atoms with Gasteiger partial charge in [0, 0.05) is 25.7 Å². The lowest BCUT2D eigenvalue weighted by Gasteiger charge is -2.17. The summed E-state index contributed by atoms with van der Waals surface area (Å²) in [6.07, 6.45) is 2.96. The van der Waals surface area contributed by atoms with Crippen LogP contribution in [-0.4, -0.2) is 29.0 Å². The van der Waals surface area contributed by atoms with Crippen LogP contribution >= 0.6 is 0 Å². The van der Waals surface area contributed by atoms with Gasteiger partial charge in [0.15, 0.2) is 5.82 Å². The Labute approximate surface area is 114 Å². The Balaban J connectivity index is 2.05. The van der Waals surface area contributed by atoms with Crippen LogP contribution in [0.5, 0.6) is 0 Å². The van der Waals surface area contributed by atoms with E-state index in [2.05, 4.69) is 35.4 Å². The quantitative estimate of drug-likeness (QED) is 0.915. The van der Waals surface area contributed by atoms with Crippen molar-refractivity contribution in [2.45, 2.75) is 20.3 Å². The molecule has 0 radical (unpaired) electrons. The predicted octanol–water partition coefficient (Wildman–Crippen LogP) is 1.93. The molecule has 19 heavy (non-hydrogen) atoms. The predicted molar refractivity (Wildman–Crippen MR) is 78.5 cm³/mol. The van der Waals surface area contributed by atoms with Crippen molar-refractivity contribution in [1.82, 2.24) is 9.38 Å². The zero-order chi connectivity index (χ0) is 13.4. The van der Waals surface area contributed by atoms with Crippen molar-refractivity contribution in [1.29, 1.82) is 0 Å². The van der Waals surface area contributed by atoms with Crippen molar-refractivity contribution in [3.05, 3.63) is 30.1 Å². The van der Waals surface area contributed by atoms with Gasteiger partial charge in [0.2, 0.25) is 0 Å². The molecule has 3 heterocycles. The lowest BCUT2D eigenvalue weighted by atomic mass is 10.0. The summed E-state index contributed by atoms with van der Waals surface area (Å²) in [6.45, 7) is 7.51. The Kier molecular flexibility index (Phi) is 3.19. The van der Waals surface area contributed by atoms with E-state index in [1.807, 2.05) is 12.1 Å². The maximum absolute atomic E-state index is 5.77. The molecule has 2 aromatic rings. The number of aromatic nitrogens is 2. The van der Waals surface area contributed by atoms with E-state index in [0.717, 1.165) is 42.8 Å². The lowest BCUT2D eigenvalue weighted by Crippen LogP contribution is -2.22. The molecule has 4 heteroatoms. The van der Waals surface area contributed by atoms with Crippen LogP contribution in [0.3, 0.4) is 0 Å². The molecule has 2 aromatic heterocycles. The van der Waals surface area contributed by atoms with Gasteiger partial charge in [0.05, 0.1) is 5.69 Å². The molecule has 102 valence electrons. The normalized spacial score (nSPS) is 23.4. The van der Waals surface area contributed by atoms with Gasteiger partial charge in [-0.15, -0.1) is 0 Å². The minimum Gasteiger partial charge on any atom is -0.355 e. The van der Waals surface area contributed by atoms with E-state index in [1.165, 1.54) is 5.69 Å². The van der Waals surface area contributed by atoms with E-state index in [9.17, 15) is 0 Å². The molecule has 0 aromatic carbocycles. The zero-order valence-corrected chi connectivity index (χ0v) is 11.7. The Morgan fingerprint density at radius 1 is 1.26 bits per heavy atom. The lowest BCUT2D eigenvalue weighted by molar-refractivity contribution is 0.494. The van der Waals surface area contributed by atoms with Crippen LogP contribution in [0.25, 0.3) is 5.65 Å². The van der Waals surface area contributed by atoms with E-state index in [-0.39, 0.29) is 0 Å². The number of pyridine rings is 1. The highest BCUT2D eigenvalue weighted by Gasteiger charge is 2.29. The zero-order valence-electron chi connectivity index (χ0n) is 11.7. The third-order valence-electron chi connectivity index (χ3n) is 4.28. The number of hydrogen-bond donors (Lipinski definition) is 1. The van der Waals surface area contributed by atoms with Crippen LogP contribution in [0.2, 0.25) is 0 Å². The molecular formula is C15H22N4. The van der Waals surface area contributed by atoms with Crippen molar-refractivity contribution >= 4 is 11.5 Å². The summed E-state index contributed by atoms with van der Waals surface area (Å²) in [5.74, 6) is 2.60. The van der Waals surface area contributed by atoms with Gasteiger partial charge in [-0.3, -0.25) is 0 Å². The van der Waals surface area contributed by atoms with Crippen LogP contribution in [0.1, 0.15) is 19.5 Å². The van der Waals surface area contributed by atoms with E-state index >= 15 is 0 Å². The Morgan fingerprint density at radius 2 is 2.00 bits per heavy atom. The SMILES string of the molecule is CC1CN(c2nc3ccccn3c2CCN)CC1C. The molecule has 2 N–H and O–H groups in total. The van der Waals surface area contributed by atoms with Gasteiger partial charge in [-0.05, 0) is 30.5 Å². The maximum Gasteiger partial charge on any atom is 0.151 e. The fourth-order valence-electron chi connectivity index (χ4n) is 2.96. The highest BCUT2D eigenvalue weighted by Crippen LogP contribution is 2.30. The fourth-order valence-corrected chi connectivity index (χ4v) is 2.96. The van der Waals surface area contributed by atoms with Crippen molar-refractivity contribution in [3.8, 4) is 0 Å². The van der Waals surface area contributed by atoms with Crippen molar-refractivity contribution < 1.29 is 0 Å². The average Bonchev–Trinajstić information content (AvgIpc) is 2.92. The fraction of sp³-hybridized carbons (Fsp3) is 0.533. The molecule has 3 rings (SSSR count). The van der Waals surface area contributed by atoms with Crippen LogP contribution in [0.15, 0.2) is 24.4 Å². The first-order chi connectivity index (χ1) is 9.20. The number of imidazole rings is 1. The van der Waals surface area contributed by atoms with Gasteiger partial charge >= 0.3 is 0 Å². The highest BCUT2D eigenvalue weighted by molar-refractivity contribution is 5.56. The van der Waals surface area contributed by atoms with Gasteiger partial charge in [0.25, 0.3) is 0 Å². The molecule has 2 atom stereocenters. The molecule has 1 aliphatic rings. The van der Waals surface area contributed by atoms with Crippen molar-refractivity contribution in [3.63, 3.8) is 0 Å². The average molecular weight is 258 g/mol. The third kappa shape index (κ3) is 2.10. The van der Waals surface area contributed by atoms with E-state index < -0.39 is 0 Å². The van der Waals surface area contributed by atoms with E-state index in [4.69, 9.17) is 10.7 Å². The van der Waals surface area contributed by atoms with Crippen LogP contribution in [0, 0.1) is 11.8 Å². The van der Waals surface area contributed by atoms with Gasteiger partial charge in [-0.2, -0.15) is 0 Å². The molecule has 0 bridgehead atoms. The summed E-state index contributed by atoms with van der Waals surface area (Å²) in [7, 11) is 0. The van der Waals surface area contributed by atoms with Crippen LogP contribution < -0.4 is 10.6 Å². The molecule has 0 spiro atoms. The number of nitrogens with two attached hydrogens (primary N) is 1. The number of anilines is 1. The largest absolute Gasteiger partial charge is 0.355 e. The summed E-state index contributed by atoms with van der Waals surface area (Å²) in [5.41, 5.74) is 8.04. The first kappa shape index (κ1) is 12.5. The first-order valence-electron chi connectivity index (χ1n) is 7.11. The minimum absolute atomic E-state index is 0.661. The molecule has 0 amide bonds. The summed E-state index contributed by atoms with van der Waals surface area (Å²) in [6, 6.07) is 6.15. The molecule has 2 unspecified atom stereocenters. The van der Waals surface area contributed by atoms with Gasteiger partial charge in [0.1, 0.15) is 5.65 Å².